The first-order chi connectivity index (χ1) is 14.1. The number of nitrogens with zero attached hydrogens (tertiary/aromatic N) is 2. The van der Waals surface area contributed by atoms with Crippen molar-refractivity contribution in [3.05, 3.63) is 50.6 Å². The fourth-order valence-corrected chi connectivity index (χ4v) is 5.05. The summed E-state index contributed by atoms with van der Waals surface area (Å²) in [5.74, 6) is 0.206. The molecule has 4 rings (SSSR count). The molecule has 0 fully saturated rings. The second kappa shape index (κ2) is 8.37. The Balaban J connectivity index is 1.72. The number of thiophene rings is 1. The maximum atomic E-state index is 13.3. The number of benzene rings is 1. The summed E-state index contributed by atoms with van der Waals surface area (Å²) in [7, 11) is 0. The summed E-state index contributed by atoms with van der Waals surface area (Å²) in [4.78, 5) is 32.1. The Hall–Kier alpha value is -2.67. The normalized spacial score (nSPS) is 13.3. The van der Waals surface area contributed by atoms with Gasteiger partial charge in [-0.2, -0.15) is 0 Å². The molecule has 0 spiro atoms. The van der Waals surface area contributed by atoms with Gasteiger partial charge in [0, 0.05) is 17.1 Å². The van der Waals surface area contributed by atoms with Gasteiger partial charge in [-0.25, -0.2) is 9.78 Å². The Morgan fingerprint density at radius 2 is 1.97 bits per heavy atom. The van der Waals surface area contributed by atoms with E-state index in [1.165, 1.54) is 16.9 Å². The van der Waals surface area contributed by atoms with Gasteiger partial charge in [0.2, 0.25) is 5.95 Å². The zero-order chi connectivity index (χ0) is 20.4. The zero-order valence-corrected chi connectivity index (χ0v) is 17.6. The van der Waals surface area contributed by atoms with Crippen molar-refractivity contribution in [2.75, 3.05) is 11.9 Å². The lowest BCUT2D eigenvalue weighted by atomic mass is 9.97. The van der Waals surface area contributed by atoms with Gasteiger partial charge in [-0.05, 0) is 68.9 Å². The Bertz CT molecular complexity index is 1100. The Morgan fingerprint density at radius 1 is 1.21 bits per heavy atom. The fraction of sp³-hybridized carbons (Fsp3) is 0.409. The molecule has 0 radical (unpaired) electrons. The van der Waals surface area contributed by atoms with E-state index in [1.54, 1.807) is 47.1 Å². The third-order valence-electron chi connectivity index (χ3n) is 5.17. The minimum Gasteiger partial charge on any atom is -0.462 e. The smallest absolute Gasteiger partial charge is 0.338 e. The fourth-order valence-electron chi connectivity index (χ4n) is 3.80. The lowest BCUT2D eigenvalue weighted by Crippen LogP contribution is -2.24. The maximum absolute atomic E-state index is 13.3. The van der Waals surface area contributed by atoms with E-state index in [0.717, 1.165) is 41.6 Å². The van der Waals surface area contributed by atoms with Gasteiger partial charge in [-0.3, -0.25) is 9.36 Å². The zero-order valence-electron chi connectivity index (χ0n) is 16.8. The van der Waals surface area contributed by atoms with Crippen LogP contribution < -0.4 is 10.9 Å². The Labute approximate surface area is 173 Å². The largest absolute Gasteiger partial charge is 0.462 e. The number of aromatic nitrogens is 2. The average molecular weight is 412 g/mol. The van der Waals surface area contributed by atoms with E-state index < -0.39 is 0 Å². The number of anilines is 2. The van der Waals surface area contributed by atoms with E-state index in [1.807, 2.05) is 0 Å². The van der Waals surface area contributed by atoms with Gasteiger partial charge >= 0.3 is 5.97 Å². The number of hydrogen-bond acceptors (Lipinski definition) is 6. The van der Waals surface area contributed by atoms with E-state index in [9.17, 15) is 9.59 Å². The van der Waals surface area contributed by atoms with Crippen LogP contribution in [0.2, 0.25) is 0 Å². The van der Waals surface area contributed by atoms with Crippen molar-refractivity contribution in [2.24, 2.45) is 0 Å². The number of rotatable bonds is 6. The van der Waals surface area contributed by atoms with Crippen LogP contribution in [0.15, 0.2) is 29.1 Å². The van der Waals surface area contributed by atoms with Crippen LogP contribution in [0.3, 0.4) is 0 Å². The number of nitrogens with one attached hydrogen (secondary N) is 1. The summed E-state index contributed by atoms with van der Waals surface area (Å²) in [5, 5.41) is 4.08. The minimum atomic E-state index is -0.342. The number of aryl methyl sites for hydroxylation is 2. The number of hydrogen-bond donors (Lipinski definition) is 1. The van der Waals surface area contributed by atoms with Gasteiger partial charge in [-0.15, -0.1) is 11.3 Å². The van der Waals surface area contributed by atoms with Crippen molar-refractivity contribution >= 4 is 39.2 Å². The molecule has 1 aliphatic rings. The van der Waals surface area contributed by atoms with Crippen LogP contribution in [0.5, 0.6) is 0 Å². The van der Waals surface area contributed by atoms with Gasteiger partial charge in [0.15, 0.2) is 0 Å². The highest BCUT2D eigenvalue weighted by Gasteiger charge is 2.22. The highest BCUT2D eigenvalue weighted by molar-refractivity contribution is 7.18. The molecule has 3 aromatic rings. The first-order valence-electron chi connectivity index (χ1n) is 10.2. The number of esters is 1. The van der Waals surface area contributed by atoms with Crippen LogP contribution in [0, 0.1) is 0 Å². The summed E-state index contributed by atoms with van der Waals surface area (Å²) >= 11 is 1.65. The molecule has 0 aliphatic heterocycles. The molecule has 1 aliphatic carbocycles. The molecule has 2 heterocycles. The van der Waals surface area contributed by atoms with Gasteiger partial charge in [0.25, 0.3) is 5.56 Å². The number of carbonyl (C=O) groups excluding carboxylic acids is 1. The molecule has 2 aromatic heterocycles. The highest BCUT2D eigenvalue weighted by Crippen LogP contribution is 2.34. The highest BCUT2D eigenvalue weighted by atomic mass is 32.1. The van der Waals surface area contributed by atoms with Crippen LogP contribution in [-0.2, 0) is 24.1 Å². The van der Waals surface area contributed by atoms with Crippen LogP contribution in [0.1, 0.15) is 53.9 Å². The molecule has 29 heavy (non-hydrogen) atoms. The van der Waals surface area contributed by atoms with E-state index in [2.05, 4.69) is 12.2 Å². The SMILES string of the molecule is CCCn1c(Nc2ccc(C(=O)OCC)cc2)nc2sc3c(c2c1=O)CCCC3. The van der Waals surface area contributed by atoms with Crippen LogP contribution >= 0.6 is 11.3 Å². The Kier molecular flexibility index (Phi) is 5.67. The van der Waals surface area contributed by atoms with Crippen molar-refractivity contribution < 1.29 is 9.53 Å². The van der Waals surface area contributed by atoms with Crippen LogP contribution in [0.4, 0.5) is 11.6 Å². The summed E-state index contributed by atoms with van der Waals surface area (Å²) in [6, 6.07) is 7.03. The monoisotopic (exact) mass is 411 g/mol. The average Bonchev–Trinajstić information content (AvgIpc) is 3.10. The van der Waals surface area contributed by atoms with Crippen molar-refractivity contribution in [2.45, 2.75) is 52.5 Å². The van der Waals surface area contributed by atoms with Gasteiger partial charge in [0.05, 0.1) is 17.6 Å². The van der Waals surface area contributed by atoms with Crippen LogP contribution in [0.25, 0.3) is 10.2 Å². The predicted molar refractivity (Wildman–Crippen MR) is 116 cm³/mol. The summed E-state index contributed by atoms with van der Waals surface area (Å²) in [6.45, 7) is 4.79. The van der Waals surface area contributed by atoms with E-state index >= 15 is 0 Å². The second-order valence-electron chi connectivity index (χ2n) is 7.21. The summed E-state index contributed by atoms with van der Waals surface area (Å²) in [5.41, 5.74) is 2.53. The molecule has 152 valence electrons. The standard InChI is InChI=1S/C22H25N3O3S/c1-3-13-25-20(26)18-16-7-5-6-8-17(16)29-19(18)24-22(25)23-15-11-9-14(10-12-15)21(27)28-4-2/h9-12H,3-8,13H2,1-2H3,(H,23,24). The third-order valence-corrected chi connectivity index (χ3v) is 6.36. The molecular weight excluding hydrogens is 386 g/mol. The topological polar surface area (TPSA) is 73.2 Å². The molecule has 0 unspecified atom stereocenters. The molecule has 0 atom stereocenters. The molecular formula is C22H25N3O3S. The molecule has 1 N–H and O–H groups in total. The molecule has 0 amide bonds. The Morgan fingerprint density at radius 3 is 2.69 bits per heavy atom. The molecule has 6 nitrogen and oxygen atoms in total. The van der Waals surface area contributed by atoms with Crippen molar-refractivity contribution in [1.82, 2.24) is 9.55 Å². The van der Waals surface area contributed by atoms with Gasteiger partial charge < -0.3 is 10.1 Å². The molecule has 1 aromatic carbocycles. The lowest BCUT2D eigenvalue weighted by molar-refractivity contribution is 0.0526. The predicted octanol–water partition coefficient (Wildman–Crippen LogP) is 4.67. The number of carbonyl (C=O) groups is 1. The van der Waals surface area contributed by atoms with E-state index in [4.69, 9.17) is 9.72 Å². The van der Waals surface area contributed by atoms with Gasteiger partial charge in [-0.1, -0.05) is 6.92 Å². The van der Waals surface area contributed by atoms with Crippen LogP contribution in [-0.4, -0.2) is 22.1 Å². The number of fused-ring (bicyclic) bond motifs is 3. The molecule has 0 saturated carbocycles. The summed E-state index contributed by atoms with van der Waals surface area (Å²) in [6.07, 6.45) is 5.18. The van der Waals surface area contributed by atoms with E-state index in [-0.39, 0.29) is 11.5 Å². The molecule has 7 heteroatoms. The molecule has 0 bridgehead atoms. The van der Waals surface area contributed by atoms with Crippen molar-refractivity contribution in [3.63, 3.8) is 0 Å². The quantitative estimate of drug-likeness (QED) is 0.597. The third kappa shape index (κ3) is 3.79. The first kappa shape index (κ1) is 19.6. The van der Waals surface area contributed by atoms with Crippen molar-refractivity contribution in [3.8, 4) is 0 Å². The van der Waals surface area contributed by atoms with E-state index in [0.29, 0.717) is 24.7 Å². The molecule has 0 saturated heterocycles. The lowest BCUT2D eigenvalue weighted by Gasteiger charge is -2.14. The van der Waals surface area contributed by atoms with Crippen molar-refractivity contribution in [1.29, 1.82) is 0 Å². The minimum absolute atomic E-state index is 0.0434. The maximum Gasteiger partial charge on any atom is 0.338 e. The number of ether oxygens (including phenoxy) is 1. The summed E-state index contributed by atoms with van der Waals surface area (Å²) < 4.78 is 6.76. The van der Waals surface area contributed by atoms with Gasteiger partial charge in [0.1, 0.15) is 4.83 Å². The second-order valence-corrected chi connectivity index (χ2v) is 8.29. The first-order valence-corrected chi connectivity index (χ1v) is 11.0.